The highest BCUT2D eigenvalue weighted by Gasteiger charge is 2.45. The predicted octanol–water partition coefficient (Wildman–Crippen LogP) is 4.02. The third-order valence-corrected chi connectivity index (χ3v) is 5.49. The Morgan fingerprint density at radius 1 is 0.933 bits per heavy atom. The Morgan fingerprint density at radius 3 is 2.53 bits per heavy atom. The molecule has 0 radical (unpaired) electrons. The van der Waals surface area contributed by atoms with Crippen LogP contribution in [-0.2, 0) is 4.79 Å². The van der Waals surface area contributed by atoms with Crippen molar-refractivity contribution in [3.8, 4) is 11.5 Å². The van der Waals surface area contributed by atoms with E-state index in [0.717, 1.165) is 15.7 Å². The summed E-state index contributed by atoms with van der Waals surface area (Å²) in [5, 5.41) is 4.71. The summed E-state index contributed by atoms with van der Waals surface area (Å²) in [5.41, 5.74) is 1.02. The van der Waals surface area contributed by atoms with E-state index in [2.05, 4.69) is 11.9 Å². The van der Waals surface area contributed by atoms with Crippen LogP contribution in [0.15, 0.2) is 72.9 Å². The minimum Gasteiger partial charge on any atom is -0.456 e. The molecule has 1 fully saturated rings. The number of piperidine rings is 1. The molecule has 2 aliphatic heterocycles. The molecule has 0 aliphatic carbocycles. The predicted molar refractivity (Wildman–Crippen MR) is 111 cm³/mol. The van der Waals surface area contributed by atoms with E-state index < -0.39 is 23.8 Å². The van der Waals surface area contributed by atoms with E-state index in [4.69, 9.17) is 4.74 Å². The zero-order chi connectivity index (χ0) is 20.8. The van der Waals surface area contributed by atoms with E-state index in [1.165, 1.54) is 0 Å². The quantitative estimate of drug-likeness (QED) is 0.676. The van der Waals surface area contributed by atoms with Gasteiger partial charge < -0.3 is 10.1 Å². The molecule has 1 N–H and O–H groups in total. The van der Waals surface area contributed by atoms with Gasteiger partial charge in [0, 0.05) is 5.70 Å². The van der Waals surface area contributed by atoms with Gasteiger partial charge in [0.25, 0.3) is 11.8 Å². The van der Waals surface area contributed by atoms with Crippen LogP contribution in [0.25, 0.3) is 10.8 Å². The van der Waals surface area contributed by atoms with Gasteiger partial charge in [0.1, 0.15) is 17.5 Å². The van der Waals surface area contributed by atoms with Gasteiger partial charge in [0.05, 0.1) is 11.1 Å². The number of ether oxygens (including phenoxy) is 1. The first-order chi connectivity index (χ1) is 14.5. The lowest BCUT2D eigenvalue weighted by Gasteiger charge is -2.29. The number of carbonyl (C=O) groups is 3. The number of hydrogen-bond acceptors (Lipinski definition) is 4. The summed E-state index contributed by atoms with van der Waals surface area (Å²) in [6, 6.07) is 17.6. The monoisotopic (exact) mass is 398 g/mol. The summed E-state index contributed by atoms with van der Waals surface area (Å²) in [6.45, 7) is 3.75. The van der Waals surface area contributed by atoms with Gasteiger partial charge in [-0.1, -0.05) is 43.0 Å². The average molecular weight is 398 g/mol. The number of nitrogens with zero attached hydrogens (tertiary/aromatic N) is 1. The van der Waals surface area contributed by atoms with Gasteiger partial charge in [-0.15, -0.1) is 0 Å². The zero-order valence-corrected chi connectivity index (χ0v) is 16.1. The Morgan fingerprint density at radius 2 is 1.73 bits per heavy atom. The molecule has 148 valence electrons. The van der Waals surface area contributed by atoms with Crippen LogP contribution in [0.2, 0.25) is 0 Å². The maximum absolute atomic E-state index is 13.2. The number of allylic oxidation sites excluding steroid dienone is 1. The van der Waals surface area contributed by atoms with Crippen molar-refractivity contribution < 1.29 is 19.1 Å². The number of nitrogens with one attached hydrogen (secondary N) is 1. The summed E-state index contributed by atoms with van der Waals surface area (Å²) in [7, 11) is 0. The maximum atomic E-state index is 13.2. The van der Waals surface area contributed by atoms with Crippen LogP contribution in [-0.4, -0.2) is 28.7 Å². The minimum absolute atomic E-state index is 0.188. The highest BCUT2D eigenvalue weighted by Crippen LogP contribution is 2.36. The van der Waals surface area contributed by atoms with Crippen LogP contribution >= 0.6 is 0 Å². The second-order valence-corrected chi connectivity index (χ2v) is 7.42. The molecule has 0 saturated carbocycles. The fourth-order valence-electron chi connectivity index (χ4n) is 4.01. The number of amides is 3. The third kappa shape index (κ3) is 2.85. The van der Waals surface area contributed by atoms with E-state index in [0.29, 0.717) is 30.0 Å². The molecule has 0 bridgehead atoms. The number of fused-ring (bicyclic) bond motifs is 2. The lowest BCUT2D eigenvalue weighted by molar-refractivity contribution is -0.125. The molecular formula is C24H18N2O4. The van der Waals surface area contributed by atoms with Crippen molar-refractivity contribution in [3.63, 3.8) is 0 Å². The molecule has 1 unspecified atom stereocenters. The average Bonchev–Trinajstić information content (AvgIpc) is 2.99. The number of carbonyl (C=O) groups excluding carboxylic acids is 3. The van der Waals surface area contributed by atoms with E-state index >= 15 is 0 Å². The molecular weight excluding hydrogens is 380 g/mol. The fourth-order valence-corrected chi connectivity index (χ4v) is 4.01. The van der Waals surface area contributed by atoms with Gasteiger partial charge >= 0.3 is 0 Å². The van der Waals surface area contributed by atoms with Gasteiger partial charge in [-0.25, -0.2) is 0 Å². The Kier molecular flexibility index (Phi) is 4.13. The van der Waals surface area contributed by atoms with Gasteiger partial charge in [-0.05, 0) is 47.9 Å². The highest BCUT2D eigenvalue weighted by molar-refractivity contribution is 6.24. The molecule has 2 aliphatic rings. The van der Waals surface area contributed by atoms with Crippen molar-refractivity contribution in [1.82, 2.24) is 10.2 Å². The van der Waals surface area contributed by atoms with Crippen molar-refractivity contribution >= 4 is 28.5 Å². The lowest BCUT2D eigenvalue weighted by atomic mass is 10.0. The van der Waals surface area contributed by atoms with Crippen LogP contribution in [0.4, 0.5) is 0 Å². The SMILES string of the molecule is C=C1CCC(N2C(=O)c3cccc(Oc4ccc5ccccc5c4)c3C2=O)C(=O)N1. The van der Waals surface area contributed by atoms with Crippen molar-refractivity contribution in [1.29, 1.82) is 0 Å². The molecule has 3 aromatic rings. The first kappa shape index (κ1) is 18.1. The second kappa shape index (κ2) is 6.84. The molecule has 0 spiro atoms. The maximum Gasteiger partial charge on any atom is 0.266 e. The van der Waals surface area contributed by atoms with Crippen molar-refractivity contribution in [3.05, 3.63) is 84.1 Å². The van der Waals surface area contributed by atoms with Gasteiger partial charge in [-0.2, -0.15) is 0 Å². The first-order valence-corrected chi connectivity index (χ1v) is 9.69. The summed E-state index contributed by atoms with van der Waals surface area (Å²) in [4.78, 5) is 39.6. The first-order valence-electron chi connectivity index (χ1n) is 9.69. The fraction of sp³-hybridized carbons (Fsp3) is 0.125. The van der Waals surface area contributed by atoms with E-state index in [1.54, 1.807) is 18.2 Å². The number of imide groups is 1. The smallest absolute Gasteiger partial charge is 0.266 e. The molecule has 0 aromatic heterocycles. The largest absolute Gasteiger partial charge is 0.456 e. The van der Waals surface area contributed by atoms with E-state index in [-0.39, 0.29) is 11.1 Å². The summed E-state index contributed by atoms with van der Waals surface area (Å²) >= 11 is 0. The van der Waals surface area contributed by atoms with Crippen LogP contribution in [0, 0.1) is 0 Å². The number of rotatable bonds is 3. The van der Waals surface area contributed by atoms with Crippen molar-refractivity contribution in [2.45, 2.75) is 18.9 Å². The van der Waals surface area contributed by atoms with Crippen molar-refractivity contribution in [2.24, 2.45) is 0 Å². The molecule has 1 atom stereocenters. The van der Waals surface area contributed by atoms with Gasteiger partial charge in [-0.3, -0.25) is 19.3 Å². The standard InChI is InChI=1S/C24H18N2O4/c1-14-9-12-19(22(27)25-14)26-23(28)18-7-4-8-20(21(18)24(26)29)30-17-11-10-15-5-2-3-6-16(15)13-17/h2-8,10-11,13,19H,1,9,12H2,(H,25,27). The number of hydrogen-bond donors (Lipinski definition) is 1. The van der Waals surface area contributed by atoms with E-state index in [9.17, 15) is 14.4 Å². The Balaban J connectivity index is 1.50. The molecule has 2 heterocycles. The molecule has 6 nitrogen and oxygen atoms in total. The zero-order valence-electron chi connectivity index (χ0n) is 16.1. The Bertz CT molecular complexity index is 1250. The molecule has 3 aromatic carbocycles. The molecule has 5 rings (SSSR count). The normalized spacial score (nSPS) is 18.5. The topological polar surface area (TPSA) is 75.7 Å². The summed E-state index contributed by atoms with van der Waals surface area (Å²) in [5.74, 6) is -0.528. The van der Waals surface area contributed by atoms with Crippen LogP contribution < -0.4 is 10.1 Å². The van der Waals surface area contributed by atoms with Crippen molar-refractivity contribution in [2.75, 3.05) is 0 Å². The third-order valence-electron chi connectivity index (χ3n) is 5.49. The highest BCUT2D eigenvalue weighted by atomic mass is 16.5. The molecule has 30 heavy (non-hydrogen) atoms. The molecule has 3 amide bonds. The summed E-state index contributed by atoms with van der Waals surface area (Å²) in [6.07, 6.45) is 0.876. The van der Waals surface area contributed by atoms with E-state index in [1.807, 2.05) is 42.5 Å². The Hall–Kier alpha value is -3.93. The van der Waals surface area contributed by atoms with Gasteiger partial charge in [0.15, 0.2) is 0 Å². The molecule has 6 heteroatoms. The van der Waals surface area contributed by atoms with Gasteiger partial charge in [0.2, 0.25) is 5.91 Å². The second-order valence-electron chi connectivity index (χ2n) is 7.42. The summed E-state index contributed by atoms with van der Waals surface area (Å²) < 4.78 is 6.01. The van der Waals surface area contributed by atoms with Crippen LogP contribution in [0.1, 0.15) is 33.6 Å². The lowest BCUT2D eigenvalue weighted by Crippen LogP contribution is -2.51. The minimum atomic E-state index is -0.851. The van der Waals surface area contributed by atoms with Crippen LogP contribution in [0.3, 0.4) is 0 Å². The Labute approximate surface area is 172 Å². The molecule has 1 saturated heterocycles. The number of benzene rings is 3. The van der Waals surface area contributed by atoms with Crippen LogP contribution in [0.5, 0.6) is 11.5 Å².